The lowest BCUT2D eigenvalue weighted by Gasteiger charge is -2.34. The van der Waals surface area contributed by atoms with Crippen LogP contribution in [-0.2, 0) is 10.8 Å². The second kappa shape index (κ2) is 9.80. The third kappa shape index (κ3) is 3.69. The van der Waals surface area contributed by atoms with Crippen LogP contribution < -0.4 is 5.32 Å². The summed E-state index contributed by atoms with van der Waals surface area (Å²) in [6, 6.07) is 56.5. The Kier molecular flexibility index (Phi) is 5.74. The lowest BCUT2D eigenvalue weighted by molar-refractivity contribution is 0.660. The van der Waals surface area contributed by atoms with Gasteiger partial charge in [-0.15, -0.1) is 0 Å². The van der Waals surface area contributed by atoms with Crippen LogP contribution in [0.1, 0.15) is 52.8 Å². The van der Waals surface area contributed by atoms with Gasteiger partial charge in [0.25, 0.3) is 0 Å². The van der Waals surface area contributed by atoms with Gasteiger partial charge in [0, 0.05) is 16.8 Å². The quantitative estimate of drug-likeness (QED) is 0.215. The molecule has 7 aromatic carbocycles. The Balaban J connectivity index is 1.37. The zero-order chi connectivity index (χ0) is 31.0. The first kappa shape index (κ1) is 27.0. The molecule has 0 unspecified atom stereocenters. The number of hydrogen-bond acceptors (Lipinski definition) is 1. The minimum atomic E-state index is -0.481. The maximum atomic E-state index is 3.72. The first-order valence-corrected chi connectivity index (χ1v) is 16.3. The second-order valence-corrected chi connectivity index (χ2v) is 13.5. The van der Waals surface area contributed by atoms with Gasteiger partial charge in [0.15, 0.2) is 0 Å². The predicted molar refractivity (Wildman–Crippen MR) is 193 cm³/mol. The van der Waals surface area contributed by atoms with Crippen molar-refractivity contribution in [3.05, 3.63) is 191 Å². The fourth-order valence-corrected chi connectivity index (χ4v) is 8.37. The summed E-state index contributed by atoms with van der Waals surface area (Å²) in [6.07, 6.45) is 0. The van der Waals surface area contributed by atoms with Crippen LogP contribution in [0.5, 0.6) is 0 Å². The molecule has 46 heavy (non-hydrogen) atoms. The molecule has 0 bridgehead atoms. The third-order valence-corrected chi connectivity index (χ3v) is 10.6. The molecule has 7 aromatic rings. The Bertz CT molecular complexity index is 2250. The normalized spacial score (nSPS) is 14.8. The van der Waals surface area contributed by atoms with Gasteiger partial charge in [-0.1, -0.05) is 135 Å². The van der Waals surface area contributed by atoms with Crippen LogP contribution in [0.4, 0.5) is 11.4 Å². The van der Waals surface area contributed by atoms with Gasteiger partial charge in [-0.05, 0) is 110 Å². The second-order valence-electron chi connectivity index (χ2n) is 13.5. The molecule has 9 rings (SSSR count). The minimum Gasteiger partial charge on any atom is -0.356 e. The smallest absolute Gasteiger partial charge is 0.0714 e. The van der Waals surface area contributed by atoms with Crippen molar-refractivity contribution < 1.29 is 0 Å². The predicted octanol–water partition coefficient (Wildman–Crippen LogP) is 11.6. The molecule has 0 saturated heterocycles. The van der Waals surface area contributed by atoms with Crippen LogP contribution in [0.15, 0.2) is 152 Å². The minimum absolute atomic E-state index is 0.110. The monoisotopic (exact) mass is 589 g/mol. The van der Waals surface area contributed by atoms with E-state index in [2.05, 4.69) is 178 Å². The Hall–Kier alpha value is -5.40. The molecule has 2 aliphatic rings. The number of nitrogens with one attached hydrogen (secondary N) is 1. The number of anilines is 2. The van der Waals surface area contributed by atoms with Gasteiger partial charge in [-0.3, -0.25) is 0 Å². The summed E-state index contributed by atoms with van der Waals surface area (Å²) >= 11 is 0. The van der Waals surface area contributed by atoms with Gasteiger partial charge in [0.1, 0.15) is 0 Å². The lowest BCUT2D eigenvalue weighted by atomic mass is 9.67. The highest BCUT2D eigenvalue weighted by molar-refractivity contribution is 6.04. The van der Waals surface area contributed by atoms with E-state index < -0.39 is 5.41 Å². The molecule has 0 saturated carbocycles. The summed E-state index contributed by atoms with van der Waals surface area (Å²) in [5.74, 6) is 0. The topological polar surface area (TPSA) is 12.0 Å². The molecule has 0 aliphatic heterocycles. The SMILES string of the molecule is Cc1ccc(Nc2ccc3c(c2)C(c2ccccc2)(c2ccccc2)c2cc4c(cc2-3)C(C)(C)c2ccc3ccccc3c2-4)cc1. The van der Waals surface area contributed by atoms with Crippen molar-refractivity contribution in [3.63, 3.8) is 0 Å². The molecule has 0 radical (unpaired) electrons. The van der Waals surface area contributed by atoms with E-state index in [0.29, 0.717) is 0 Å². The molecule has 0 amide bonds. The molecule has 2 aliphatic carbocycles. The lowest BCUT2D eigenvalue weighted by Crippen LogP contribution is -2.28. The van der Waals surface area contributed by atoms with Gasteiger partial charge < -0.3 is 5.32 Å². The van der Waals surface area contributed by atoms with Gasteiger partial charge in [-0.2, -0.15) is 0 Å². The standard InChI is InChI=1S/C45H35N/c1-29-18-21-33(22-19-29)46-34-23-24-36-37-27-40-38(43-35-17-11-10-12-30(35)20-25-39(43)44(40,2)3)28-42(37)45(41(36)26-34,31-13-6-4-7-14-31)32-15-8-5-9-16-32/h4-28,46H,1-3H3. The summed E-state index contributed by atoms with van der Waals surface area (Å²) in [6.45, 7) is 6.92. The van der Waals surface area contributed by atoms with E-state index in [1.807, 2.05) is 0 Å². The summed E-state index contributed by atoms with van der Waals surface area (Å²) in [4.78, 5) is 0. The van der Waals surface area contributed by atoms with E-state index in [1.165, 1.54) is 72.0 Å². The molecule has 220 valence electrons. The van der Waals surface area contributed by atoms with Crippen LogP contribution in [0, 0.1) is 6.92 Å². The Labute approximate surface area is 271 Å². The van der Waals surface area contributed by atoms with Crippen molar-refractivity contribution in [3.8, 4) is 22.3 Å². The van der Waals surface area contributed by atoms with Crippen LogP contribution in [-0.4, -0.2) is 0 Å². The Morgan fingerprint density at radius 3 is 1.78 bits per heavy atom. The molecule has 0 heterocycles. The zero-order valence-electron chi connectivity index (χ0n) is 26.4. The van der Waals surface area contributed by atoms with E-state index >= 15 is 0 Å². The molecule has 0 atom stereocenters. The molecule has 1 nitrogen and oxygen atoms in total. The van der Waals surface area contributed by atoms with Gasteiger partial charge in [0.2, 0.25) is 0 Å². The number of hydrogen-bond donors (Lipinski definition) is 1. The molecule has 1 N–H and O–H groups in total. The number of fused-ring (bicyclic) bond motifs is 8. The van der Waals surface area contributed by atoms with E-state index in [1.54, 1.807) is 0 Å². The maximum Gasteiger partial charge on any atom is 0.0714 e. The summed E-state index contributed by atoms with van der Waals surface area (Å²) in [5.41, 5.74) is 16.3. The number of aryl methyl sites for hydroxylation is 1. The van der Waals surface area contributed by atoms with Crippen molar-refractivity contribution in [1.82, 2.24) is 0 Å². The molecule has 0 aromatic heterocycles. The van der Waals surface area contributed by atoms with Crippen LogP contribution in [0.2, 0.25) is 0 Å². The first-order chi connectivity index (χ1) is 22.5. The fraction of sp³-hybridized carbons (Fsp3) is 0.111. The Morgan fingerprint density at radius 2 is 1.07 bits per heavy atom. The average Bonchev–Trinajstić information content (AvgIpc) is 3.51. The van der Waals surface area contributed by atoms with Gasteiger partial charge >= 0.3 is 0 Å². The van der Waals surface area contributed by atoms with Gasteiger partial charge in [-0.25, -0.2) is 0 Å². The highest BCUT2D eigenvalue weighted by Gasteiger charge is 2.48. The molecular weight excluding hydrogens is 555 g/mol. The van der Waals surface area contributed by atoms with Crippen LogP contribution in [0.25, 0.3) is 33.0 Å². The van der Waals surface area contributed by atoms with Crippen molar-refractivity contribution in [1.29, 1.82) is 0 Å². The third-order valence-electron chi connectivity index (χ3n) is 10.6. The molecule has 0 fully saturated rings. The zero-order valence-corrected chi connectivity index (χ0v) is 26.4. The first-order valence-electron chi connectivity index (χ1n) is 16.3. The van der Waals surface area contributed by atoms with E-state index in [9.17, 15) is 0 Å². The van der Waals surface area contributed by atoms with Crippen LogP contribution >= 0.6 is 0 Å². The average molecular weight is 590 g/mol. The summed E-state index contributed by atoms with van der Waals surface area (Å²) in [7, 11) is 0. The summed E-state index contributed by atoms with van der Waals surface area (Å²) < 4.78 is 0. The highest BCUT2D eigenvalue weighted by Crippen LogP contribution is 2.61. The highest BCUT2D eigenvalue weighted by atomic mass is 14.9. The van der Waals surface area contributed by atoms with Gasteiger partial charge in [0.05, 0.1) is 5.41 Å². The van der Waals surface area contributed by atoms with Crippen molar-refractivity contribution in [2.45, 2.75) is 31.6 Å². The molecule has 1 heteroatoms. The van der Waals surface area contributed by atoms with E-state index in [0.717, 1.165) is 11.4 Å². The molecular formula is C45H35N. The van der Waals surface area contributed by atoms with Crippen molar-refractivity contribution in [2.75, 3.05) is 5.32 Å². The summed E-state index contributed by atoms with van der Waals surface area (Å²) in [5, 5.41) is 6.34. The van der Waals surface area contributed by atoms with E-state index in [-0.39, 0.29) is 5.41 Å². The number of rotatable bonds is 4. The van der Waals surface area contributed by atoms with Crippen molar-refractivity contribution in [2.24, 2.45) is 0 Å². The van der Waals surface area contributed by atoms with Crippen molar-refractivity contribution >= 4 is 22.1 Å². The van der Waals surface area contributed by atoms with E-state index in [4.69, 9.17) is 0 Å². The fourth-order valence-electron chi connectivity index (χ4n) is 8.37. The number of benzene rings is 7. The molecule has 0 spiro atoms. The Morgan fingerprint density at radius 1 is 0.457 bits per heavy atom. The maximum absolute atomic E-state index is 3.72. The largest absolute Gasteiger partial charge is 0.356 e. The van der Waals surface area contributed by atoms with Crippen LogP contribution in [0.3, 0.4) is 0 Å².